The molecule has 1 aromatic carbocycles. The maximum absolute atomic E-state index is 12.7. The number of nitrogens with one attached hydrogen (secondary N) is 1. The number of rotatable bonds is 3. The van der Waals surface area contributed by atoms with Gasteiger partial charge in [0.2, 0.25) is 5.95 Å². The van der Waals surface area contributed by atoms with E-state index in [1.165, 1.54) is 22.5 Å². The summed E-state index contributed by atoms with van der Waals surface area (Å²) in [6.45, 7) is 0. The van der Waals surface area contributed by atoms with Crippen molar-refractivity contribution in [3.8, 4) is 10.6 Å². The van der Waals surface area contributed by atoms with E-state index in [2.05, 4.69) is 33.5 Å². The van der Waals surface area contributed by atoms with Crippen LogP contribution >= 0.6 is 11.3 Å². The number of carbonyl (C=O) groups excluding carboxylic acids is 1. The van der Waals surface area contributed by atoms with Crippen molar-refractivity contribution in [1.82, 2.24) is 15.3 Å². The molecule has 3 aromatic rings. The highest BCUT2D eigenvalue weighted by atomic mass is 32.1. The van der Waals surface area contributed by atoms with Crippen molar-refractivity contribution in [3.05, 3.63) is 64.7 Å². The number of hydrogen-bond donors (Lipinski definition) is 2. The van der Waals surface area contributed by atoms with Crippen molar-refractivity contribution in [2.45, 2.75) is 25.3 Å². The molecule has 25 heavy (non-hydrogen) atoms. The first-order valence-corrected chi connectivity index (χ1v) is 9.10. The molecule has 0 saturated heterocycles. The predicted octanol–water partition coefficient (Wildman–Crippen LogP) is 3.59. The van der Waals surface area contributed by atoms with Gasteiger partial charge >= 0.3 is 0 Å². The van der Waals surface area contributed by atoms with Crippen LogP contribution in [0.4, 0.5) is 5.95 Å². The number of aryl methyl sites for hydroxylation is 1. The summed E-state index contributed by atoms with van der Waals surface area (Å²) in [5, 5.41) is 3.18. The Morgan fingerprint density at radius 3 is 2.96 bits per heavy atom. The summed E-state index contributed by atoms with van der Waals surface area (Å²) in [6, 6.07) is 14.0. The number of amides is 1. The number of hydrogen-bond acceptors (Lipinski definition) is 5. The number of benzene rings is 1. The van der Waals surface area contributed by atoms with Gasteiger partial charge in [0, 0.05) is 6.20 Å². The van der Waals surface area contributed by atoms with Crippen LogP contribution in [0.3, 0.4) is 0 Å². The molecule has 2 aromatic heterocycles. The predicted molar refractivity (Wildman–Crippen MR) is 99.3 cm³/mol. The van der Waals surface area contributed by atoms with E-state index in [9.17, 15) is 4.79 Å². The molecule has 1 atom stereocenters. The second kappa shape index (κ2) is 6.64. The van der Waals surface area contributed by atoms with Gasteiger partial charge in [0.05, 0.1) is 21.5 Å². The van der Waals surface area contributed by atoms with Crippen molar-refractivity contribution >= 4 is 23.2 Å². The molecule has 126 valence electrons. The van der Waals surface area contributed by atoms with Crippen LogP contribution in [0.5, 0.6) is 0 Å². The average Bonchev–Trinajstić information content (AvgIpc) is 3.12. The summed E-state index contributed by atoms with van der Waals surface area (Å²) in [4.78, 5) is 22.4. The van der Waals surface area contributed by atoms with Gasteiger partial charge in [-0.1, -0.05) is 24.3 Å². The van der Waals surface area contributed by atoms with Crippen molar-refractivity contribution in [2.75, 3.05) is 5.73 Å². The van der Waals surface area contributed by atoms with E-state index in [-0.39, 0.29) is 17.9 Å². The van der Waals surface area contributed by atoms with Crippen molar-refractivity contribution < 1.29 is 4.79 Å². The smallest absolute Gasteiger partial charge is 0.261 e. The third kappa shape index (κ3) is 3.25. The van der Waals surface area contributed by atoms with Gasteiger partial charge in [-0.05, 0) is 48.6 Å². The second-order valence-corrected chi connectivity index (χ2v) is 7.16. The fraction of sp³-hybridized carbons (Fsp3) is 0.211. The fourth-order valence-electron chi connectivity index (χ4n) is 3.24. The summed E-state index contributed by atoms with van der Waals surface area (Å²) in [6.07, 6.45) is 4.78. The van der Waals surface area contributed by atoms with E-state index < -0.39 is 0 Å². The molecular weight excluding hydrogens is 332 g/mol. The van der Waals surface area contributed by atoms with Crippen LogP contribution < -0.4 is 11.1 Å². The molecule has 0 saturated carbocycles. The van der Waals surface area contributed by atoms with Crippen LogP contribution in [0.25, 0.3) is 10.6 Å². The molecule has 2 heterocycles. The number of thiophene rings is 1. The summed E-state index contributed by atoms with van der Waals surface area (Å²) in [5.41, 5.74) is 8.94. The minimum atomic E-state index is -0.0417. The number of nitrogens with two attached hydrogens (primary N) is 1. The molecule has 0 fully saturated rings. The summed E-state index contributed by atoms with van der Waals surface area (Å²) >= 11 is 1.41. The topological polar surface area (TPSA) is 80.9 Å². The van der Waals surface area contributed by atoms with Gasteiger partial charge in [-0.3, -0.25) is 4.79 Å². The van der Waals surface area contributed by atoms with E-state index in [0.717, 1.165) is 29.8 Å². The van der Waals surface area contributed by atoms with Crippen molar-refractivity contribution in [1.29, 1.82) is 0 Å². The first-order chi connectivity index (χ1) is 12.2. The van der Waals surface area contributed by atoms with E-state index in [1.54, 1.807) is 12.3 Å². The molecule has 3 N–H and O–H groups in total. The lowest BCUT2D eigenvalue weighted by molar-refractivity contribution is 0.0937. The van der Waals surface area contributed by atoms with Crippen LogP contribution in [0.2, 0.25) is 0 Å². The van der Waals surface area contributed by atoms with Gasteiger partial charge in [-0.15, -0.1) is 11.3 Å². The third-order valence-corrected chi connectivity index (χ3v) is 5.54. The number of carbonyl (C=O) groups is 1. The summed E-state index contributed by atoms with van der Waals surface area (Å²) < 4.78 is 0. The number of fused-ring (bicyclic) bond motifs is 1. The molecule has 6 heteroatoms. The Bertz CT molecular complexity index is 921. The quantitative estimate of drug-likeness (QED) is 0.756. The SMILES string of the molecule is Nc1nccc(-c2ccc(C(=O)NC3CCCc4ccccc43)s2)n1. The second-order valence-electron chi connectivity index (χ2n) is 6.08. The van der Waals surface area contributed by atoms with E-state index in [4.69, 9.17) is 5.73 Å². The monoisotopic (exact) mass is 350 g/mol. The molecule has 1 aliphatic rings. The van der Waals surface area contributed by atoms with Crippen LogP contribution in [-0.2, 0) is 6.42 Å². The zero-order valence-corrected chi connectivity index (χ0v) is 14.4. The van der Waals surface area contributed by atoms with Crippen LogP contribution in [0, 0.1) is 0 Å². The molecule has 0 radical (unpaired) electrons. The maximum atomic E-state index is 12.7. The Labute approximate surface area is 149 Å². The highest BCUT2D eigenvalue weighted by Gasteiger charge is 2.22. The Morgan fingerprint density at radius 1 is 1.20 bits per heavy atom. The lowest BCUT2D eigenvalue weighted by atomic mass is 9.88. The molecule has 5 nitrogen and oxygen atoms in total. The van der Waals surface area contributed by atoms with Crippen LogP contribution in [-0.4, -0.2) is 15.9 Å². The van der Waals surface area contributed by atoms with Crippen LogP contribution in [0.15, 0.2) is 48.7 Å². The van der Waals surface area contributed by atoms with E-state index in [0.29, 0.717) is 4.88 Å². The minimum Gasteiger partial charge on any atom is -0.368 e. The van der Waals surface area contributed by atoms with Crippen molar-refractivity contribution in [2.24, 2.45) is 0 Å². The number of nitrogens with zero attached hydrogens (tertiary/aromatic N) is 2. The summed E-state index contributed by atoms with van der Waals surface area (Å²) in [5.74, 6) is 0.190. The first kappa shape index (κ1) is 15.8. The number of nitrogen functional groups attached to an aromatic ring is 1. The molecular formula is C19H18N4OS. The van der Waals surface area contributed by atoms with Gasteiger partial charge in [0.25, 0.3) is 5.91 Å². The zero-order chi connectivity index (χ0) is 17.2. The molecule has 1 aliphatic carbocycles. The fourth-order valence-corrected chi connectivity index (χ4v) is 4.12. The largest absolute Gasteiger partial charge is 0.368 e. The summed E-state index contributed by atoms with van der Waals surface area (Å²) in [7, 11) is 0. The Kier molecular flexibility index (Phi) is 4.19. The minimum absolute atomic E-state index is 0.0417. The molecule has 0 spiro atoms. The number of anilines is 1. The van der Waals surface area contributed by atoms with Gasteiger partial charge < -0.3 is 11.1 Å². The first-order valence-electron chi connectivity index (χ1n) is 8.28. The molecule has 4 rings (SSSR count). The third-order valence-electron chi connectivity index (χ3n) is 4.43. The standard InChI is InChI=1S/C19H18N4OS/c20-19-21-11-10-15(23-19)16-8-9-17(25-16)18(24)22-14-7-3-5-12-4-1-2-6-13(12)14/h1-2,4,6,8-11,14H,3,5,7H2,(H,22,24)(H2,20,21,23). The zero-order valence-electron chi connectivity index (χ0n) is 13.6. The van der Waals surface area contributed by atoms with Gasteiger partial charge in [-0.2, -0.15) is 0 Å². The Hall–Kier alpha value is -2.73. The lowest BCUT2D eigenvalue weighted by Crippen LogP contribution is -2.30. The molecule has 0 bridgehead atoms. The molecule has 1 unspecified atom stereocenters. The van der Waals surface area contributed by atoms with E-state index in [1.807, 2.05) is 18.2 Å². The van der Waals surface area contributed by atoms with E-state index >= 15 is 0 Å². The number of aromatic nitrogens is 2. The average molecular weight is 350 g/mol. The Morgan fingerprint density at radius 2 is 2.08 bits per heavy atom. The highest BCUT2D eigenvalue weighted by molar-refractivity contribution is 7.17. The normalized spacial score (nSPS) is 16.2. The van der Waals surface area contributed by atoms with Gasteiger partial charge in [-0.25, -0.2) is 9.97 Å². The lowest BCUT2D eigenvalue weighted by Gasteiger charge is -2.26. The van der Waals surface area contributed by atoms with Crippen LogP contribution in [0.1, 0.15) is 39.7 Å². The Balaban J connectivity index is 1.53. The van der Waals surface area contributed by atoms with Gasteiger partial charge in [0.1, 0.15) is 0 Å². The highest BCUT2D eigenvalue weighted by Crippen LogP contribution is 2.31. The van der Waals surface area contributed by atoms with Gasteiger partial charge in [0.15, 0.2) is 0 Å². The molecule has 0 aliphatic heterocycles. The van der Waals surface area contributed by atoms with Crippen molar-refractivity contribution in [3.63, 3.8) is 0 Å². The molecule has 1 amide bonds. The maximum Gasteiger partial charge on any atom is 0.261 e.